The van der Waals surface area contributed by atoms with E-state index in [0.29, 0.717) is 11.3 Å². The van der Waals surface area contributed by atoms with Crippen LogP contribution in [0.4, 0.5) is 8.78 Å². The number of fused-ring (bicyclic) bond motifs is 1. The van der Waals surface area contributed by atoms with Crippen molar-refractivity contribution in [2.75, 3.05) is 0 Å². The number of nitrogens with zero attached hydrogens (tertiary/aromatic N) is 4. The van der Waals surface area contributed by atoms with Crippen molar-refractivity contribution in [2.24, 2.45) is 0 Å². The van der Waals surface area contributed by atoms with Gasteiger partial charge in [-0.05, 0) is 43.7 Å². The number of benzene rings is 2. The smallest absolute Gasteiger partial charge is 0.320 e. The molecule has 0 radical (unpaired) electrons. The van der Waals surface area contributed by atoms with Gasteiger partial charge in [0.2, 0.25) is 0 Å². The van der Waals surface area contributed by atoms with Crippen LogP contribution in [-0.2, 0) is 13.1 Å². The lowest BCUT2D eigenvalue weighted by molar-refractivity contribution is 0.506. The van der Waals surface area contributed by atoms with Crippen LogP contribution in [0.1, 0.15) is 18.1 Å². The molecule has 0 spiro atoms. The van der Waals surface area contributed by atoms with Gasteiger partial charge < -0.3 is 4.57 Å². The van der Waals surface area contributed by atoms with E-state index >= 15 is 0 Å². The first-order valence-corrected chi connectivity index (χ1v) is 9.12. The maximum atomic E-state index is 13.6. The Balaban J connectivity index is 1.96. The van der Waals surface area contributed by atoms with Crippen LogP contribution >= 0.6 is 0 Å². The molecule has 4 aromatic rings. The highest BCUT2D eigenvalue weighted by atomic mass is 19.2. The van der Waals surface area contributed by atoms with Crippen molar-refractivity contribution in [3.63, 3.8) is 0 Å². The molecule has 29 heavy (non-hydrogen) atoms. The van der Waals surface area contributed by atoms with Crippen LogP contribution in [0.3, 0.4) is 0 Å². The maximum Gasteiger partial charge on any atom is 0.337 e. The Kier molecular flexibility index (Phi) is 4.62. The maximum absolute atomic E-state index is 13.6. The molecule has 0 saturated carbocycles. The minimum Gasteiger partial charge on any atom is -0.320 e. The SMILES string of the molecule is CCn1c(=O)c2c(ncn2Cc2ccc(F)c(F)c2)n(-c2ccc(C)cc2)c1=O. The predicted molar refractivity (Wildman–Crippen MR) is 105 cm³/mol. The van der Waals surface area contributed by atoms with Crippen molar-refractivity contribution in [1.82, 2.24) is 18.7 Å². The van der Waals surface area contributed by atoms with E-state index in [0.717, 1.165) is 22.3 Å². The molecule has 0 aliphatic carbocycles. The van der Waals surface area contributed by atoms with E-state index in [1.165, 1.54) is 17.0 Å². The van der Waals surface area contributed by atoms with Gasteiger partial charge in [-0.2, -0.15) is 0 Å². The number of imidazole rings is 1. The van der Waals surface area contributed by atoms with Gasteiger partial charge in [-0.1, -0.05) is 23.8 Å². The Bertz CT molecular complexity index is 1330. The van der Waals surface area contributed by atoms with Crippen LogP contribution in [0.2, 0.25) is 0 Å². The van der Waals surface area contributed by atoms with E-state index in [-0.39, 0.29) is 24.3 Å². The fraction of sp³-hybridized carbons (Fsp3) is 0.190. The number of hydrogen-bond donors (Lipinski definition) is 0. The molecule has 8 heteroatoms. The number of halogens is 2. The van der Waals surface area contributed by atoms with Gasteiger partial charge in [-0.3, -0.25) is 9.36 Å². The van der Waals surface area contributed by atoms with Crippen LogP contribution in [0, 0.1) is 18.6 Å². The average molecular weight is 396 g/mol. The first kappa shape index (κ1) is 18.8. The van der Waals surface area contributed by atoms with Gasteiger partial charge in [-0.25, -0.2) is 23.1 Å². The quantitative estimate of drug-likeness (QED) is 0.533. The molecule has 0 N–H and O–H groups in total. The standard InChI is InChI=1S/C21H18F2N4O2/c1-3-26-20(28)18-19(27(21(26)29)15-7-4-13(2)5-8-15)24-12-25(18)11-14-6-9-16(22)17(23)10-14/h4-10,12H,3,11H2,1-2H3. The Morgan fingerprint density at radius 2 is 1.72 bits per heavy atom. The zero-order chi connectivity index (χ0) is 20.7. The largest absolute Gasteiger partial charge is 0.337 e. The fourth-order valence-corrected chi connectivity index (χ4v) is 3.34. The molecule has 0 fully saturated rings. The van der Waals surface area contributed by atoms with E-state index in [1.54, 1.807) is 23.6 Å². The summed E-state index contributed by atoms with van der Waals surface area (Å²) in [5, 5.41) is 0. The molecule has 4 rings (SSSR count). The monoisotopic (exact) mass is 396 g/mol. The highest BCUT2D eigenvalue weighted by Crippen LogP contribution is 2.16. The van der Waals surface area contributed by atoms with Gasteiger partial charge >= 0.3 is 5.69 Å². The summed E-state index contributed by atoms with van der Waals surface area (Å²) in [5.74, 6) is -1.90. The number of aryl methyl sites for hydroxylation is 1. The van der Waals surface area contributed by atoms with E-state index in [1.807, 2.05) is 19.1 Å². The summed E-state index contributed by atoms with van der Waals surface area (Å²) in [5.41, 5.74) is 1.58. The first-order chi connectivity index (χ1) is 13.9. The van der Waals surface area contributed by atoms with Crippen LogP contribution in [0.25, 0.3) is 16.9 Å². The highest BCUT2D eigenvalue weighted by molar-refractivity contribution is 5.72. The molecular weight excluding hydrogens is 378 g/mol. The molecule has 0 saturated heterocycles. The molecule has 2 aromatic carbocycles. The fourth-order valence-electron chi connectivity index (χ4n) is 3.34. The van der Waals surface area contributed by atoms with Crippen molar-refractivity contribution < 1.29 is 8.78 Å². The Hall–Kier alpha value is -3.55. The van der Waals surface area contributed by atoms with Gasteiger partial charge in [0.1, 0.15) is 0 Å². The van der Waals surface area contributed by atoms with E-state index in [4.69, 9.17) is 0 Å². The van der Waals surface area contributed by atoms with Crippen LogP contribution in [0.5, 0.6) is 0 Å². The Morgan fingerprint density at radius 1 is 1.00 bits per heavy atom. The lowest BCUT2D eigenvalue weighted by Crippen LogP contribution is -2.39. The lowest BCUT2D eigenvalue weighted by atomic mass is 10.2. The zero-order valence-corrected chi connectivity index (χ0v) is 15.9. The van der Waals surface area contributed by atoms with Crippen molar-refractivity contribution in [1.29, 1.82) is 0 Å². The van der Waals surface area contributed by atoms with Gasteiger partial charge in [0.25, 0.3) is 5.56 Å². The van der Waals surface area contributed by atoms with Gasteiger partial charge in [0.05, 0.1) is 12.0 Å². The second-order valence-corrected chi connectivity index (χ2v) is 6.80. The zero-order valence-electron chi connectivity index (χ0n) is 15.9. The molecule has 0 amide bonds. The Labute approximate surface area is 164 Å². The average Bonchev–Trinajstić information content (AvgIpc) is 3.10. The van der Waals surface area contributed by atoms with Crippen molar-refractivity contribution >= 4 is 11.2 Å². The van der Waals surface area contributed by atoms with Crippen molar-refractivity contribution in [2.45, 2.75) is 26.9 Å². The third-order valence-electron chi connectivity index (χ3n) is 4.85. The molecule has 2 heterocycles. The van der Waals surface area contributed by atoms with E-state index in [2.05, 4.69) is 4.98 Å². The summed E-state index contributed by atoms with van der Waals surface area (Å²) in [6, 6.07) is 10.9. The topological polar surface area (TPSA) is 61.8 Å². The van der Waals surface area contributed by atoms with Crippen LogP contribution in [-0.4, -0.2) is 18.7 Å². The highest BCUT2D eigenvalue weighted by Gasteiger charge is 2.19. The minimum atomic E-state index is -0.963. The third kappa shape index (κ3) is 3.16. The van der Waals surface area contributed by atoms with Gasteiger partial charge in [0.15, 0.2) is 22.8 Å². The molecular formula is C21H18F2N4O2. The molecule has 0 aliphatic rings. The predicted octanol–water partition coefficient (Wildman–Crippen LogP) is 3.00. The molecule has 0 unspecified atom stereocenters. The summed E-state index contributed by atoms with van der Waals surface area (Å²) in [6.07, 6.45) is 1.43. The molecule has 0 bridgehead atoms. The van der Waals surface area contributed by atoms with Gasteiger partial charge in [0, 0.05) is 13.1 Å². The summed E-state index contributed by atoms with van der Waals surface area (Å²) < 4.78 is 30.9. The first-order valence-electron chi connectivity index (χ1n) is 9.12. The lowest BCUT2D eigenvalue weighted by Gasteiger charge is -2.12. The minimum absolute atomic E-state index is 0.110. The van der Waals surface area contributed by atoms with Crippen LogP contribution in [0.15, 0.2) is 58.4 Å². The van der Waals surface area contributed by atoms with E-state index in [9.17, 15) is 18.4 Å². The molecule has 0 aliphatic heterocycles. The summed E-state index contributed by atoms with van der Waals surface area (Å²) in [4.78, 5) is 30.2. The third-order valence-corrected chi connectivity index (χ3v) is 4.85. The molecule has 148 valence electrons. The normalized spacial score (nSPS) is 11.3. The summed E-state index contributed by atoms with van der Waals surface area (Å²) in [6.45, 7) is 3.95. The second kappa shape index (κ2) is 7.12. The summed E-state index contributed by atoms with van der Waals surface area (Å²) >= 11 is 0. The second-order valence-electron chi connectivity index (χ2n) is 6.80. The summed E-state index contributed by atoms with van der Waals surface area (Å²) in [7, 11) is 0. The number of rotatable bonds is 4. The van der Waals surface area contributed by atoms with Crippen LogP contribution < -0.4 is 11.2 Å². The molecule has 2 aromatic heterocycles. The molecule has 6 nitrogen and oxygen atoms in total. The van der Waals surface area contributed by atoms with Gasteiger partial charge in [-0.15, -0.1) is 0 Å². The number of hydrogen-bond acceptors (Lipinski definition) is 3. The van der Waals surface area contributed by atoms with E-state index < -0.39 is 22.9 Å². The van der Waals surface area contributed by atoms with Crippen molar-refractivity contribution in [3.05, 3.63) is 92.4 Å². The molecule has 0 atom stereocenters. The van der Waals surface area contributed by atoms with Crippen molar-refractivity contribution in [3.8, 4) is 5.69 Å². The Morgan fingerprint density at radius 3 is 2.38 bits per heavy atom. The number of aromatic nitrogens is 4.